The second-order valence-electron chi connectivity index (χ2n) is 5.61. The molecule has 0 bridgehead atoms. The first kappa shape index (κ1) is 14.8. The van der Waals surface area contributed by atoms with E-state index in [1.165, 1.54) is 12.8 Å². The number of nitrogens with one attached hydrogen (secondary N) is 3. The van der Waals surface area contributed by atoms with Gasteiger partial charge in [-0.1, -0.05) is 0 Å². The molecule has 3 N–H and O–H groups in total. The van der Waals surface area contributed by atoms with Crippen molar-refractivity contribution in [3.05, 3.63) is 23.8 Å². The molecule has 0 radical (unpaired) electrons. The molecule has 3 rings (SSSR count). The van der Waals surface area contributed by atoms with Gasteiger partial charge >= 0.3 is 5.97 Å². The number of ether oxygens (including phenoxy) is 1. The van der Waals surface area contributed by atoms with Crippen LogP contribution in [0.1, 0.15) is 30.1 Å². The van der Waals surface area contributed by atoms with Crippen LogP contribution in [0.15, 0.2) is 18.2 Å². The summed E-state index contributed by atoms with van der Waals surface area (Å²) >= 11 is 0. The molecule has 6 heteroatoms. The van der Waals surface area contributed by atoms with Gasteiger partial charge in [0.05, 0.1) is 23.2 Å². The third kappa shape index (κ3) is 3.39. The number of carbonyl (C=O) groups excluding carboxylic acids is 1. The number of hydrogen-bond donors (Lipinski definition) is 3. The average molecular weight is 302 g/mol. The van der Waals surface area contributed by atoms with Gasteiger partial charge in [-0.3, -0.25) is 0 Å². The van der Waals surface area contributed by atoms with Gasteiger partial charge in [0.25, 0.3) is 0 Å². The summed E-state index contributed by atoms with van der Waals surface area (Å²) in [5.74, 6) is 1.14. The van der Waals surface area contributed by atoms with Crippen LogP contribution in [0, 0.1) is 5.92 Å². The van der Waals surface area contributed by atoms with Crippen molar-refractivity contribution in [2.24, 2.45) is 5.92 Å². The van der Waals surface area contributed by atoms with Crippen LogP contribution in [0.25, 0.3) is 11.0 Å². The number of aromatic amines is 1. The molecule has 0 saturated carbocycles. The summed E-state index contributed by atoms with van der Waals surface area (Å²) in [7, 11) is 0. The Balaban J connectivity index is 1.68. The Morgan fingerprint density at radius 2 is 2.23 bits per heavy atom. The highest BCUT2D eigenvalue weighted by Crippen LogP contribution is 2.18. The molecule has 2 heterocycles. The third-order valence-corrected chi connectivity index (χ3v) is 4.01. The molecular weight excluding hydrogens is 280 g/mol. The number of aromatic nitrogens is 2. The highest BCUT2D eigenvalue weighted by Gasteiger charge is 2.14. The number of fused-ring (bicyclic) bond motifs is 1. The number of carbonyl (C=O) groups is 1. The lowest BCUT2D eigenvalue weighted by Crippen LogP contribution is -2.31. The Hall–Kier alpha value is -2.08. The lowest BCUT2D eigenvalue weighted by molar-refractivity contribution is 0.0526. The highest BCUT2D eigenvalue weighted by atomic mass is 16.5. The van der Waals surface area contributed by atoms with E-state index in [1.807, 2.05) is 6.07 Å². The number of rotatable bonds is 5. The van der Waals surface area contributed by atoms with Crippen molar-refractivity contribution in [2.45, 2.75) is 19.8 Å². The Bertz CT molecular complexity index is 647. The smallest absolute Gasteiger partial charge is 0.338 e. The monoisotopic (exact) mass is 302 g/mol. The van der Waals surface area contributed by atoms with Gasteiger partial charge in [0, 0.05) is 6.54 Å². The van der Waals surface area contributed by atoms with E-state index in [0.717, 1.165) is 36.6 Å². The fraction of sp³-hybridized carbons (Fsp3) is 0.500. The molecule has 0 amide bonds. The van der Waals surface area contributed by atoms with Crippen molar-refractivity contribution in [2.75, 3.05) is 31.6 Å². The lowest BCUT2D eigenvalue weighted by atomic mass is 9.98. The molecule has 1 aromatic carbocycles. The molecule has 0 spiro atoms. The molecule has 6 nitrogen and oxygen atoms in total. The van der Waals surface area contributed by atoms with Crippen molar-refractivity contribution in [3.8, 4) is 0 Å². The van der Waals surface area contributed by atoms with E-state index in [0.29, 0.717) is 18.1 Å². The molecular formula is C16H22N4O2. The van der Waals surface area contributed by atoms with Gasteiger partial charge in [-0.05, 0) is 57.0 Å². The Morgan fingerprint density at radius 1 is 1.41 bits per heavy atom. The van der Waals surface area contributed by atoms with E-state index in [1.54, 1.807) is 19.1 Å². The van der Waals surface area contributed by atoms with Crippen molar-refractivity contribution in [3.63, 3.8) is 0 Å². The van der Waals surface area contributed by atoms with Crippen LogP contribution in [0.2, 0.25) is 0 Å². The summed E-state index contributed by atoms with van der Waals surface area (Å²) in [6.45, 7) is 5.29. The molecule has 1 fully saturated rings. The van der Waals surface area contributed by atoms with Gasteiger partial charge in [-0.2, -0.15) is 0 Å². The van der Waals surface area contributed by atoms with Gasteiger partial charge in [0.1, 0.15) is 0 Å². The maximum absolute atomic E-state index is 11.7. The summed E-state index contributed by atoms with van der Waals surface area (Å²) in [6, 6.07) is 5.38. The van der Waals surface area contributed by atoms with Crippen molar-refractivity contribution in [1.29, 1.82) is 0 Å². The number of piperidine rings is 1. The van der Waals surface area contributed by atoms with E-state index in [2.05, 4.69) is 20.6 Å². The number of anilines is 1. The molecule has 0 unspecified atom stereocenters. The van der Waals surface area contributed by atoms with Gasteiger partial charge in [-0.25, -0.2) is 9.78 Å². The number of imidazole rings is 1. The van der Waals surface area contributed by atoms with E-state index >= 15 is 0 Å². The standard InChI is InChI=1S/C16H22N4O2/c1-2-22-15(21)12-3-4-13-14(9-12)20-16(19-13)18-10-11-5-7-17-8-6-11/h3-4,9,11,17H,2,5-8,10H2,1H3,(H2,18,19,20). The minimum absolute atomic E-state index is 0.303. The zero-order valence-corrected chi connectivity index (χ0v) is 12.8. The van der Waals surface area contributed by atoms with E-state index in [4.69, 9.17) is 4.74 Å². The van der Waals surface area contributed by atoms with Crippen LogP contribution in [0.5, 0.6) is 0 Å². The maximum atomic E-state index is 11.7. The molecule has 0 aliphatic carbocycles. The SMILES string of the molecule is CCOC(=O)c1ccc2nc(NCC3CCNCC3)[nH]c2c1. The Kier molecular flexibility index (Phi) is 4.58. The number of nitrogens with zero attached hydrogens (tertiary/aromatic N) is 1. The summed E-state index contributed by atoms with van der Waals surface area (Å²) < 4.78 is 5.02. The lowest BCUT2D eigenvalue weighted by Gasteiger charge is -2.22. The van der Waals surface area contributed by atoms with Crippen molar-refractivity contribution >= 4 is 23.0 Å². The topological polar surface area (TPSA) is 79.0 Å². The number of benzene rings is 1. The fourth-order valence-electron chi connectivity index (χ4n) is 2.76. The number of esters is 1. The normalized spacial score (nSPS) is 15.9. The summed E-state index contributed by atoms with van der Waals surface area (Å²) in [5, 5.41) is 6.73. The predicted octanol–water partition coefficient (Wildman–Crippen LogP) is 2.15. The molecule has 1 saturated heterocycles. The van der Waals surface area contributed by atoms with E-state index < -0.39 is 0 Å². The number of H-pyrrole nitrogens is 1. The zero-order chi connectivity index (χ0) is 15.4. The molecule has 0 atom stereocenters. The first-order valence-electron chi connectivity index (χ1n) is 7.87. The first-order valence-corrected chi connectivity index (χ1v) is 7.87. The first-order chi connectivity index (χ1) is 10.8. The van der Waals surface area contributed by atoms with Crippen LogP contribution >= 0.6 is 0 Å². The van der Waals surface area contributed by atoms with E-state index in [-0.39, 0.29) is 5.97 Å². The predicted molar refractivity (Wildman–Crippen MR) is 86.1 cm³/mol. The van der Waals surface area contributed by atoms with Crippen LogP contribution in [0.4, 0.5) is 5.95 Å². The largest absolute Gasteiger partial charge is 0.462 e. The fourth-order valence-corrected chi connectivity index (χ4v) is 2.76. The van der Waals surface area contributed by atoms with Gasteiger partial charge in [0.2, 0.25) is 5.95 Å². The Labute approximate surface area is 129 Å². The molecule has 2 aromatic rings. The third-order valence-electron chi connectivity index (χ3n) is 4.01. The van der Waals surface area contributed by atoms with Crippen LogP contribution in [0.3, 0.4) is 0 Å². The van der Waals surface area contributed by atoms with Crippen LogP contribution in [-0.4, -0.2) is 42.2 Å². The maximum Gasteiger partial charge on any atom is 0.338 e. The quantitative estimate of drug-likeness (QED) is 0.738. The van der Waals surface area contributed by atoms with Crippen molar-refractivity contribution in [1.82, 2.24) is 15.3 Å². The van der Waals surface area contributed by atoms with Gasteiger partial charge in [-0.15, -0.1) is 0 Å². The summed E-state index contributed by atoms with van der Waals surface area (Å²) in [6.07, 6.45) is 2.39. The van der Waals surface area contributed by atoms with Crippen LogP contribution < -0.4 is 10.6 Å². The van der Waals surface area contributed by atoms with Gasteiger partial charge in [0.15, 0.2) is 0 Å². The minimum Gasteiger partial charge on any atom is -0.462 e. The molecule has 22 heavy (non-hydrogen) atoms. The van der Waals surface area contributed by atoms with Crippen LogP contribution in [-0.2, 0) is 4.74 Å². The van der Waals surface area contributed by atoms with Crippen molar-refractivity contribution < 1.29 is 9.53 Å². The number of hydrogen-bond acceptors (Lipinski definition) is 5. The Morgan fingerprint density at radius 3 is 3.00 bits per heavy atom. The van der Waals surface area contributed by atoms with E-state index in [9.17, 15) is 4.79 Å². The second-order valence-corrected chi connectivity index (χ2v) is 5.61. The highest BCUT2D eigenvalue weighted by molar-refractivity contribution is 5.94. The summed E-state index contributed by atoms with van der Waals surface area (Å²) in [5.41, 5.74) is 2.24. The zero-order valence-electron chi connectivity index (χ0n) is 12.8. The van der Waals surface area contributed by atoms with Gasteiger partial charge < -0.3 is 20.4 Å². The molecule has 1 aliphatic heterocycles. The summed E-state index contributed by atoms with van der Waals surface area (Å²) in [4.78, 5) is 19.5. The second kappa shape index (κ2) is 6.79. The molecule has 118 valence electrons. The molecule has 1 aromatic heterocycles. The molecule has 1 aliphatic rings. The minimum atomic E-state index is -0.303. The average Bonchev–Trinajstić information content (AvgIpc) is 2.96.